The highest BCUT2D eigenvalue weighted by molar-refractivity contribution is 5.92. The maximum absolute atomic E-state index is 11.7. The number of pyridine rings is 1. The lowest BCUT2D eigenvalue weighted by Crippen LogP contribution is -2.30. The molecule has 0 bridgehead atoms. The van der Waals surface area contributed by atoms with Gasteiger partial charge in [-0.2, -0.15) is 0 Å². The van der Waals surface area contributed by atoms with Crippen LogP contribution in [-0.4, -0.2) is 15.4 Å². The molecule has 0 atom stereocenters. The average Bonchev–Trinajstić information content (AvgIpc) is 2.81. The lowest BCUT2D eigenvalue weighted by molar-refractivity contribution is -0.385. The Morgan fingerprint density at radius 1 is 1.52 bits per heavy atom. The van der Waals surface area contributed by atoms with E-state index in [1.165, 1.54) is 0 Å². The third kappa shape index (κ3) is 2.98. The second-order valence-corrected chi connectivity index (χ2v) is 4.31. The SMILES string of the molecule is Cc1cc(Cn2cc([N+](=O)[O-])ccc2=O)oc1C(=O)NN. The van der Waals surface area contributed by atoms with E-state index in [2.05, 4.69) is 0 Å². The van der Waals surface area contributed by atoms with Crippen molar-refractivity contribution >= 4 is 11.6 Å². The molecule has 0 aliphatic rings. The van der Waals surface area contributed by atoms with E-state index < -0.39 is 16.4 Å². The molecule has 0 unspecified atom stereocenters. The van der Waals surface area contributed by atoms with Crippen LogP contribution in [0.1, 0.15) is 21.9 Å². The lowest BCUT2D eigenvalue weighted by Gasteiger charge is -2.02. The van der Waals surface area contributed by atoms with E-state index in [4.69, 9.17) is 10.3 Å². The minimum Gasteiger partial charge on any atom is -0.454 e. The molecule has 9 heteroatoms. The summed E-state index contributed by atoms with van der Waals surface area (Å²) in [6.07, 6.45) is 1.11. The normalized spacial score (nSPS) is 10.4. The molecule has 0 aromatic carbocycles. The van der Waals surface area contributed by atoms with Crippen molar-refractivity contribution in [1.82, 2.24) is 9.99 Å². The highest BCUT2D eigenvalue weighted by Gasteiger charge is 2.16. The van der Waals surface area contributed by atoms with Crippen LogP contribution in [0.2, 0.25) is 0 Å². The van der Waals surface area contributed by atoms with Gasteiger partial charge >= 0.3 is 5.91 Å². The van der Waals surface area contributed by atoms with Gasteiger partial charge in [0.15, 0.2) is 5.76 Å². The monoisotopic (exact) mass is 292 g/mol. The molecule has 2 heterocycles. The number of hydrazine groups is 1. The summed E-state index contributed by atoms with van der Waals surface area (Å²) in [5.74, 6) is 4.78. The minimum absolute atomic E-state index is 0.0286. The van der Waals surface area contributed by atoms with Gasteiger partial charge in [0.1, 0.15) is 5.76 Å². The Balaban J connectivity index is 2.34. The number of carbonyl (C=O) groups excluding carboxylic acids is 1. The Hall–Kier alpha value is -2.94. The third-order valence-electron chi connectivity index (χ3n) is 2.81. The van der Waals surface area contributed by atoms with Crippen LogP contribution in [0.4, 0.5) is 5.69 Å². The summed E-state index contributed by atoms with van der Waals surface area (Å²) in [6.45, 7) is 1.62. The summed E-state index contributed by atoms with van der Waals surface area (Å²) in [5, 5.41) is 10.7. The highest BCUT2D eigenvalue weighted by atomic mass is 16.6. The van der Waals surface area contributed by atoms with E-state index in [-0.39, 0.29) is 18.0 Å². The number of nitrogen functional groups attached to an aromatic ring is 1. The van der Waals surface area contributed by atoms with Gasteiger partial charge in [-0.15, -0.1) is 0 Å². The van der Waals surface area contributed by atoms with Gasteiger partial charge in [0.25, 0.3) is 11.2 Å². The number of carbonyl (C=O) groups is 1. The molecule has 3 N–H and O–H groups in total. The van der Waals surface area contributed by atoms with E-state index in [0.717, 1.165) is 22.9 Å². The van der Waals surface area contributed by atoms with Gasteiger partial charge in [-0.05, 0) is 13.0 Å². The largest absolute Gasteiger partial charge is 0.454 e. The van der Waals surface area contributed by atoms with Crippen molar-refractivity contribution in [2.75, 3.05) is 0 Å². The molecule has 1 amide bonds. The first-order valence-corrected chi connectivity index (χ1v) is 5.87. The van der Waals surface area contributed by atoms with Crippen LogP contribution in [-0.2, 0) is 6.54 Å². The number of aryl methyl sites for hydroxylation is 1. The maximum atomic E-state index is 11.7. The number of nitrogens with one attached hydrogen (secondary N) is 1. The quantitative estimate of drug-likeness (QED) is 0.360. The van der Waals surface area contributed by atoms with Gasteiger partial charge < -0.3 is 8.98 Å². The Labute approximate surface area is 118 Å². The number of aromatic nitrogens is 1. The molecule has 2 aromatic heterocycles. The smallest absolute Gasteiger partial charge is 0.301 e. The standard InChI is InChI=1S/C12H12N4O5/c1-7-4-9(21-11(7)12(18)14-13)6-15-5-8(16(19)20)2-3-10(15)17/h2-5H,6,13H2,1H3,(H,14,18). The van der Waals surface area contributed by atoms with E-state index in [1.807, 2.05) is 5.43 Å². The molecule has 0 aliphatic heterocycles. The molecule has 21 heavy (non-hydrogen) atoms. The van der Waals surface area contributed by atoms with Crippen LogP contribution < -0.4 is 16.8 Å². The summed E-state index contributed by atoms with van der Waals surface area (Å²) in [7, 11) is 0. The van der Waals surface area contributed by atoms with Crippen LogP contribution in [0, 0.1) is 17.0 Å². The molecule has 2 rings (SSSR count). The summed E-state index contributed by atoms with van der Waals surface area (Å²) < 4.78 is 6.43. The van der Waals surface area contributed by atoms with Crippen molar-refractivity contribution in [3.63, 3.8) is 0 Å². The first-order valence-electron chi connectivity index (χ1n) is 5.87. The van der Waals surface area contributed by atoms with Gasteiger partial charge in [0.2, 0.25) is 0 Å². The number of hydrogen-bond acceptors (Lipinski definition) is 6. The summed E-state index contributed by atoms with van der Waals surface area (Å²) in [4.78, 5) is 33.2. The van der Waals surface area contributed by atoms with Gasteiger partial charge in [-0.1, -0.05) is 0 Å². The number of nitro groups is 1. The second kappa shape index (κ2) is 5.59. The molecule has 0 spiro atoms. The molecule has 0 saturated carbocycles. The van der Waals surface area contributed by atoms with Crippen LogP contribution in [0.3, 0.4) is 0 Å². The summed E-state index contributed by atoms with van der Waals surface area (Å²) in [5.41, 5.74) is 1.86. The Bertz CT molecular complexity index is 761. The Morgan fingerprint density at radius 2 is 2.24 bits per heavy atom. The Kier molecular flexibility index (Phi) is 3.85. The Morgan fingerprint density at radius 3 is 2.86 bits per heavy atom. The molecule has 0 saturated heterocycles. The fourth-order valence-electron chi connectivity index (χ4n) is 1.84. The van der Waals surface area contributed by atoms with Gasteiger partial charge in [-0.25, -0.2) is 5.84 Å². The zero-order valence-electron chi connectivity index (χ0n) is 11.0. The van der Waals surface area contributed by atoms with E-state index in [0.29, 0.717) is 11.3 Å². The number of nitrogens with two attached hydrogens (primary N) is 1. The number of furan rings is 1. The van der Waals surface area contributed by atoms with Crippen LogP contribution in [0.5, 0.6) is 0 Å². The fourth-order valence-corrected chi connectivity index (χ4v) is 1.84. The third-order valence-corrected chi connectivity index (χ3v) is 2.81. The molecule has 2 aromatic rings. The van der Waals surface area contributed by atoms with Crippen LogP contribution in [0.15, 0.2) is 33.6 Å². The molecule has 110 valence electrons. The fraction of sp³-hybridized carbons (Fsp3) is 0.167. The minimum atomic E-state index is -0.601. The first kappa shape index (κ1) is 14.5. The number of amides is 1. The van der Waals surface area contributed by atoms with Crippen molar-refractivity contribution in [3.05, 3.63) is 61.9 Å². The number of hydrogen-bond donors (Lipinski definition) is 2. The number of nitrogens with zero attached hydrogens (tertiary/aromatic N) is 2. The zero-order valence-corrected chi connectivity index (χ0v) is 11.0. The molecule has 0 fully saturated rings. The summed E-state index contributed by atoms with van der Waals surface area (Å²) in [6, 6.07) is 3.79. The maximum Gasteiger partial charge on any atom is 0.301 e. The van der Waals surface area contributed by atoms with Gasteiger partial charge in [-0.3, -0.25) is 25.1 Å². The molecular formula is C12H12N4O5. The highest BCUT2D eigenvalue weighted by Crippen LogP contribution is 2.16. The molecule has 0 radical (unpaired) electrons. The van der Waals surface area contributed by atoms with Crippen molar-refractivity contribution in [1.29, 1.82) is 0 Å². The molecule has 9 nitrogen and oxygen atoms in total. The lowest BCUT2D eigenvalue weighted by atomic mass is 10.2. The van der Waals surface area contributed by atoms with Crippen molar-refractivity contribution < 1.29 is 14.1 Å². The zero-order chi connectivity index (χ0) is 15.6. The topological polar surface area (TPSA) is 133 Å². The van der Waals surface area contributed by atoms with Gasteiger partial charge in [0, 0.05) is 17.7 Å². The van der Waals surface area contributed by atoms with Crippen molar-refractivity contribution in [3.8, 4) is 0 Å². The molecule has 0 aliphatic carbocycles. The average molecular weight is 292 g/mol. The van der Waals surface area contributed by atoms with Crippen molar-refractivity contribution in [2.24, 2.45) is 5.84 Å². The van der Waals surface area contributed by atoms with Crippen molar-refractivity contribution in [2.45, 2.75) is 13.5 Å². The van der Waals surface area contributed by atoms with E-state index >= 15 is 0 Å². The number of rotatable bonds is 4. The second-order valence-electron chi connectivity index (χ2n) is 4.31. The van der Waals surface area contributed by atoms with Crippen LogP contribution >= 0.6 is 0 Å². The van der Waals surface area contributed by atoms with Gasteiger partial charge in [0.05, 0.1) is 17.7 Å². The van der Waals surface area contributed by atoms with E-state index in [9.17, 15) is 19.7 Å². The molecular weight excluding hydrogens is 280 g/mol. The first-order chi connectivity index (χ1) is 9.92. The predicted octanol–water partition coefficient (Wildman–Crippen LogP) is 0.310. The van der Waals surface area contributed by atoms with E-state index in [1.54, 1.807) is 13.0 Å². The summed E-state index contributed by atoms with van der Waals surface area (Å²) >= 11 is 0. The predicted molar refractivity (Wildman–Crippen MR) is 71.6 cm³/mol. The van der Waals surface area contributed by atoms with Crippen LogP contribution in [0.25, 0.3) is 0 Å².